The summed E-state index contributed by atoms with van der Waals surface area (Å²) in [7, 11) is 1.96. The number of aromatic nitrogens is 1. The van der Waals surface area contributed by atoms with Crippen molar-refractivity contribution in [3.05, 3.63) is 58.8 Å². The number of carbonyl (C=O) groups is 2. The van der Waals surface area contributed by atoms with Crippen molar-refractivity contribution in [2.24, 2.45) is 11.8 Å². The molecular weight excluding hydrogens is 370 g/mol. The number of halogens is 1. The van der Waals surface area contributed by atoms with Gasteiger partial charge in [-0.3, -0.25) is 19.5 Å². The van der Waals surface area contributed by atoms with Crippen LogP contribution in [0.15, 0.2) is 53.3 Å². The van der Waals surface area contributed by atoms with Crippen molar-refractivity contribution in [2.45, 2.75) is 6.04 Å². The van der Waals surface area contributed by atoms with Crippen LogP contribution in [0.3, 0.4) is 0 Å². The minimum atomic E-state index is -0.352. The van der Waals surface area contributed by atoms with Gasteiger partial charge in [0.25, 0.3) is 0 Å². The van der Waals surface area contributed by atoms with Crippen molar-refractivity contribution >= 4 is 33.4 Å². The van der Waals surface area contributed by atoms with Gasteiger partial charge in [-0.1, -0.05) is 22.0 Å². The first-order valence-corrected chi connectivity index (χ1v) is 8.61. The highest BCUT2D eigenvalue weighted by atomic mass is 79.9. The summed E-state index contributed by atoms with van der Waals surface area (Å²) in [5.74, 6) is -0.872. The van der Waals surface area contributed by atoms with E-state index in [1.165, 1.54) is 4.90 Å². The van der Waals surface area contributed by atoms with Gasteiger partial charge in [0.15, 0.2) is 0 Å². The van der Waals surface area contributed by atoms with Gasteiger partial charge < -0.3 is 0 Å². The predicted octanol–water partition coefficient (Wildman–Crippen LogP) is 2.64. The number of hydrogen-bond acceptors (Lipinski definition) is 4. The Balaban J connectivity index is 1.72. The number of rotatable bonds is 2. The molecule has 0 saturated carbocycles. The van der Waals surface area contributed by atoms with E-state index in [0.29, 0.717) is 12.2 Å². The summed E-state index contributed by atoms with van der Waals surface area (Å²) in [6.07, 6.45) is 3.50. The maximum atomic E-state index is 13.1. The minimum Gasteiger partial charge on any atom is -0.298 e. The highest BCUT2D eigenvalue weighted by Crippen LogP contribution is 2.46. The monoisotopic (exact) mass is 385 g/mol. The first kappa shape index (κ1) is 15.5. The average molecular weight is 386 g/mol. The third kappa shape index (κ3) is 2.29. The Hall–Kier alpha value is -2.05. The van der Waals surface area contributed by atoms with Gasteiger partial charge in [0, 0.05) is 29.5 Å². The molecule has 0 unspecified atom stereocenters. The third-order valence-corrected chi connectivity index (χ3v) is 5.42. The van der Waals surface area contributed by atoms with Gasteiger partial charge in [0.05, 0.1) is 17.5 Å². The standard InChI is InChI=1S/C18H16BrN3O2/c1-21-10-14-15(16(21)11-3-2-8-20-9-11)18(24)22(17(14)23)13-6-4-12(19)5-7-13/h2-9,14-16H,10H2,1H3/t14-,15-,16-/m1/s1. The molecule has 0 bridgehead atoms. The molecule has 2 fully saturated rings. The molecule has 1 aromatic heterocycles. The molecule has 3 atom stereocenters. The molecule has 6 heteroatoms. The van der Waals surface area contributed by atoms with Crippen molar-refractivity contribution < 1.29 is 9.59 Å². The summed E-state index contributed by atoms with van der Waals surface area (Å²) in [6.45, 7) is 0.585. The molecule has 2 aromatic rings. The van der Waals surface area contributed by atoms with Gasteiger partial charge in [-0.2, -0.15) is 0 Å². The number of likely N-dealkylation sites (tertiary alicyclic amines) is 1. The molecule has 4 rings (SSSR count). The molecule has 0 spiro atoms. The fourth-order valence-electron chi connectivity index (χ4n) is 3.85. The van der Waals surface area contributed by atoms with Crippen LogP contribution in [0, 0.1) is 11.8 Å². The number of nitrogens with zero attached hydrogens (tertiary/aromatic N) is 3. The van der Waals surface area contributed by atoms with E-state index in [2.05, 4.69) is 25.8 Å². The normalized spacial score (nSPS) is 26.9. The Labute approximate surface area is 148 Å². The SMILES string of the molecule is CN1C[C@H]2C(=O)N(c3ccc(Br)cc3)C(=O)[C@H]2[C@H]1c1cccnc1. The Morgan fingerprint density at radius 1 is 1.12 bits per heavy atom. The van der Waals surface area contributed by atoms with Crippen molar-refractivity contribution in [1.29, 1.82) is 0 Å². The molecular formula is C18H16BrN3O2. The molecule has 122 valence electrons. The maximum Gasteiger partial charge on any atom is 0.239 e. The number of imide groups is 1. The van der Waals surface area contributed by atoms with Gasteiger partial charge in [0.2, 0.25) is 11.8 Å². The Bertz CT molecular complexity index is 794. The number of benzene rings is 1. The summed E-state index contributed by atoms with van der Waals surface area (Å²) < 4.78 is 0.915. The molecule has 2 aliphatic heterocycles. The minimum absolute atomic E-state index is 0.106. The highest BCUT2D eigenvalue weighted by Gasteiger charge is 2.57. The lowest BCUT2D eigenvalue weighted by atomic mass is 9.89. The first-order valence-electron chi connectivity index (χ1n) is 7.81. The van der Waals surface area contributed by atoms with Crippen molar-refractivity contribution in [3.8, 4) is 0 Å². The highest BCUT2D eigenvalue weighted by molar-refractivity contribution is 9.10. The van der Waals surface area contributed by atoms with Crippen LogP contribution >= 0.6 is 15.9 Å². The number of anilines is 1. The van der Waals surface area contributed by atoms with E-state index in [9.17, 15) is 9.59 Å². The van der Waals surface area contributed by atoms with E-state index in [1.807, 2.05) is 31.3 Å². The van der Waals surface area contributed by atoms with E-state index < -0.39 is 0 Å². The zero-order chi connectivity index (χ0) is 16.8. The Morgan fingerprint density at radius 3 is 2.54 bits per heavy atom. The van der Waals surface area contributed by atoms with E-state index in [1.54, 1.807) is 24.5 Å². The quantitative estimate of drug-likeness (QED) is 0.745. The fourth-order valence-corrected chi connectivity index (χ4v) is 4.12. The summed E-state index contributed by atoms with van der Waals surface area (Å²) in [4.78, 5) is 33.5. The van der Waals surface area contributed by atoms with Crippen LogP contribution in [0.1, 0.15) is 11.6 Å². The van der Waals surface area contributed by atoms with Crippen LogP contribution in [0.4, 0.5) is 5.69 Å². The number of fused-ring (bicyclic) bond motifs is 1. The summed E-state index contributed by atoms with van der Waals surface area (Å²) in [5.41, 5.74) is 1.61. The number of carbonyl (C=O) groups excluding carboxylic acids is 2. The second-order valence-electron chi connectivity index (χ2n) is 6.29. The molecule has 0 N–H and O–H groups in total. The van der Waals surface area contributed by atoms with Gasteiger partial charge in [-0.05, 0) is 42.9 Å². The van der Waals surface area contributed by atoms with Crippen LogP contribution in [-0.2, 0) is 9.59 Å². The summed E-state index contributed by atoms with van der Waals surface area (Å²) in [5, 5.41) is 0. The van der Waals surface area contributed by atoms with Gasteiger partial charge >= 0.3 is 0 Å². The zero-order valence-corrected chi connectivity index (χ0v) is 14.7. The van der Waals surface area contributed by atoms with Crippen LogP contribution < -0.4 is 4.90 Å². The Kier molecular flexibility index (Phi) is 3.73. The second kappa shape index (κ2) is 5.79. The zero-order valence-electron chi connectivity index (χ0n) is 13.1. The fraction of sp³-hybridized carbons (Fsp3) is 0.278. The molecule has 24 heavy (non-hydrogen) atoms. The molecule has 2 amide bonds. The Morgan fingerprint density at radius 2 is 1.88 bits per heavy atom. The van der Waals surface area contributed by atoms with E-state index in [-0.39, 0.29) is 29.7 Å². The van der Waals surface area contributed by atoms with E-state index >= 15 is 0 Å². The lowest BCUT2D eigenvalue weighted by Crippen LogP contribution is -2.36. The number of hydrogen-bond donors (Lipinski definition) is 0. The third-order valence-electron chi connectivity index (χ3n) is 4.89. The van der Waals surface area contributed by atoms with Crippen molar-refractivity contribution in [3.63, 3.8) is 0 Å². The maximum absolute atomic E-state index is 13.1. The predicted molar refractivity (Wildman–Crippen MR) is 93.2 cm³/mol. The molecule has 2 saturated heterocycles. The van der Waals surface area contributed by atoms with Crippen LogP contribution in [0.2, 0.25) is 0 Å². The van der Waals surface area contributed by atoms with Gasteiger partial charge in [-0.15, -0.1) is 0 Å². The topological polar surface area (TPSA) is 53.5 Å². The smallest absolute Gasteiger partial charge is 0.239 e. The lowest BCUT2D eigenvalue weighted by molar-refractivity contribution is -0.123. The van der Waals surface area contributed by atoms with Crippen LogP contribution in [-0.4, -0.2) is 35.3 Å². The van der Waals surface area contributed by atoms with E-state index in [4.69, 9.17) is 0 Å². The lowest BCUT2D eigenvalue weighted by Gasteiger charge is -2.25. The summed E-state index contributed by atoms with van der Waals surface area (Å²) in [6, 6.07) is 11.0. The average Bonchev–Trinajstić information content (AvgIpc) is 3.05. The molecule has 2 aliphatic rings. The van der Waals surface area contributed by atoms with Crippen LogP contribution in [0.5, 0.6) is 0 Å². The molecule has 5 nitrogen and oxygen atoms in total. The van der Waals surface area contributed by atoms with Crippen molar-refractivity contribution in [2.75, 3.05) is 18.5 Å². The molecule has 1 aromatic carbocycles. The van der Waals surface area contributed by atoms with Crippen LogP contribution in [0.25, 0.3) is 0 Å². The molecule has 3 heterocycles. The molecule has 0 aliphatic carbocycles. The van der Waals surface area contributed by atoms with Gasteiger partial charge in [0.1, 0.15) is 0 Å². The summed E-state index contributed by atoms with van der Waals surface area (Å²) >= 11 is 3.38. The largest absolute Gasteiger partial charge is 0.298 e. The van der Waals surface area contributed by atoms with Gasteiger partial charge in [-0.25, -0.2) is 4.90 Å². The number of amides is 2. The number of pyridine rings is 1. The van der Waals surface area contributed by atoms with Crippen molar-refractivity contribution in [1.82, 2.24) is 9.88 Å². The van der Waals surface area contributed by atoms with E-state index in [0.717, 1.165) is 10.0 Å². The first-order chi connectivity index (χ1) is 11.6. The molecule has 0 radical (unpaired) electrons. The second-order valence-corrected chi connectivity index (χ2v) is 7.21.